The number of nitrogens with zero attached hydrogens (tertiary/aromatic N) is 1. The second-order valence-corrected chi connectivity index (χ2v) is 5.42. The molecule has 0 bridgehead atoms. The monoisotopic (exact) mass is 298 g/mol. The van der Waals surface area contributed by atoms with E-state index in [4.69, 9.17) is 18.0 Å². The van der Waals surface area contributed by atoms with Crippen LogP contribution in [0.15, 0.2) is 48.5 Å². The summed E-state index contributed by atoms with van der Waals surface area (Å²) >= 11 is 4.92. The minimum absolute atomic E-state index is 0.0485. The van der Waals surface area contributed by atoms with Gasteiger partial charge in [0, 0.05) is 18.3 Å². The second kappa shape index (κ2) is 6.50. The lowest BCUT2D eigenvalue weighted by Crippen LogP contribution is -2.28. The highest BCUT2D eigenvalue weighted by molar-refractivity contribution is 7.80. The number of hydrogen-bond donors (Lipinski definition) is 1. The number of aryl methyl sites for hydroxylation is 1. The molecule has 0 aliphatic carbocycles. The number of carbonyl (C=O) groups excluding carboxylic acids is 1. The zero-order chi connectivity index (χ0) is 15.4. The average Bonchev–Trinajstić information content (AvgIpc) is 2.47. The average molecular weight is 298 g/mol. The molecule has 0 aromatic heterocycles. The molecule has 0 heterocycles. The summed E-state index contributed by atoms with van der Waals surface area (Å²) in [4.78, 5) is 14.4. The first-order valence-electron chi connectivity index (χ1n) is 6.70. The summed E-state index contributed by atoms with van der Waals surface area (Å²) in [6.07, 6.45) is 0.350. The van der Waals surface area contributed by atoms with Gasteiger partial charge in [0.05, 0.1) is 6.42 Å². The Hall–Kier alpha value is -2.20. The van der Waals surface area contributed by atoms with Gasteiger partial charge in [0.2, 0.25) is 5.91 Å². The maximum atomic E-state index is 12.4. The fourth-order valence-corrected chi connectivity index (χ4v) is 2.29. The van der Waals surface area contributed by atoms with E-state index in [9.17, 15) is 4.79 Å². The fraction of sp³-hybridized carbons (Fsp3) is 0.176. The molecule has 4 heteroatoms. The predicted molar refractivity (Wildman–Crippen MR) is 90.6 cm³/mol. The van der Waals surface area contributed by atoms with Gasteiger partial charge in [0.15, 0.2) is 0 Å². The van der Waals surface area contributed by atoms with E-state index in [1.165, 1.54) is 0 Å². The van der Waals surface area contributed by atoms with Crippen LogP contribution in [0.25, 0.3) is 0 Å². The number of carbonyl (C=O) groups is 1. The van der Waals surface area contributed by atoms with Gasteiger partial charge in [0.1, 0.15) is 4.99 Å². The molecule has 0 atom stereocenters. The Bertz CT molecular complexity index is 665. The van der Waals surface area contributed by atoms with E-state index in [1.54, 1.807) is 11.9 Å². The first-order valence-corrected chi connectivity index (χ1v) is 7.11. The van der Waals surface area contributed by atoms with Crippen LogP contribution in [0.2, 0.25) is 0 Å². The summed E-state index contributed by atoms with van der Waals surface area (Å²) in [7, 11) is 1.80. The van der Waals surface area contributed by atoms with E-state index in [-0.39, 0.29) is 5.91 Å². The van der Waals surface area contributed by atoms with Gasteiger partial charge < -0.3 is 10.6 Å². The Labute approximate surface area is 130 Å². The summed E-state index contributed by atoms with van der Waals surface area (Å²) < 4.78 is 0. The van der Waals surface area contributed by atoms with E-state index in [0.29, 0.717) is 11.4 Å². The van der Waals surface area contributed by atoms with Crippen LogP contribution in [0, 0.1) is 6.92 Å². The molecule has 2 N–H and O–H groups in total. The normalized spacial score (nSPS) is 10.2. The predicted octanol–water partition coefficient (Wildman–Crippen LogP) is 2.83. The first kappa shape index (κ1) is 15.2. The van der Waals surface area contributed by atoms with Crippen LogP contribution in [0.4, 0.5) is 5.69 Å². The van der Waals surface area contributed by atoms with Crippen molar-refractivity contribution in [1.82, 2.24) is 0 Å². The van der Waals surface area contributed by atoms with Gasteiger partial charge in [-0.15, -0.1) is 0 Å². The molecule has 3 nitrogen and oxygen atoms in total. The Morgan fingerprint density at radius 1 is 1.14 bits per heavy atom. The highest BCUT2D eigenvalue weighted by Crippen LogP contribution is 2.19. The van der Waals surface area contributed by atoms with Gasteiger partial charge >= 0.3 is 0 Å². The number of para-hydroxylation sites is 1. The van der Waals surface area contributed by atoms with Crippen molar-refractivity contribution in [2.75, 3.05) is 11.9 Å². The molecule has 0 saturated heterocycles. The van der Waals surface area contributed by atoms with Gasteiger partial charge in [-0.25, -0.2) is 0 Å². The van der Waals surface area contributed by atoms with Crippen molar-refractivity contribution < 1.29 is 4.79 Å². The van der Waals surface area contributed by atoms with Crippen LogP contribution in [-0.4, -0.2) is 17.9 Å². The lowest BCUT2D eigenvalue weighted by atomic mass is 10.1. The molecule has 0 unspecified atom stereocenters. The quantitative estimate of drug-likeness (QED) is 0.883. The molecule has 0 aliphatic rings. The Balaban J connectivity index is 2.11. The van der Waals surface area contributed by atoms with E-state index < -0.39 is 0 Å². The third-order valence-corrected chi connectivity index (χ3v) is 3.68. The number of anilines is 1. The van der Waals surface area contributed by atoms with Crippen molar-refractivity contribution in [3.8, 4) is 0 Å². The van der Waals surface area contributed by atoms with Crippen molar-refractivity contribution in [3.05, 3.63) is 65.2 Å². The number of nitrogens with two attached hydrogens (primary N) is 1. The van der Waals surface area contributed by atoms with E-state index >= 15 is 0 Å². The number of rotatable bonds is 4. The molecule has 108 valence electrons. The van der Waals surface area contributed by atoms with Crippen molar-refractivity contribution in [2.24, 2.45) is 5.73 Å². The van der Waals surface area contributed by atoms with Crippen LogP contribution in [-0.2, 0) is 11.2 Å². The number of thiocarbonyl (C=S) groups is 1. The molecule has 0 spiro atoms. The molecule has 0 saturated carbocycles. The van der Waals surface area contributed by atoms with Crippen molar-refractivity contribution in [1.29, 1.82) is 0 Å². The SMILES string of the molecule is Cc1ccccc1N(C)C(=O)Cc1ccc(C(N)=S)cc1. The van der Waals surface area contributed by atoms with Crippen molar-refractivity contribution in [2.45, 2.75) is 13.3 Å². The molecule has 2 aromatic rings. The smallest absolute Gasteiger partial charge is 0.231 e. The summed E-state index contributed by atoms with van der Waals surface area (Å²) in [5.41, 5.74) is 9.33. The molecule has 0 aliphatic heterocycles. The van der Waals surface area contributed by atoms with E-state index in [2.05, 4.69) is 0 Å². The van der Waals surface area contributed by atoms with Gasteiger partial charge in [-0.3, -0.25) is 4.79 Å². The maximum Gasteiger partial charge on any atom is 0.231 e. The topological polar surface area (TPSA) is 46.3 Å². The molecule has 21 heavy (non-hydrogen) atoms. The standard InChI is InChI=1S/C17H18N2OS/c1-12-5-3-4-6-15(12)19(2)16(20)11-13-7-9-14(10-8-13)17(18)21/h3-10H,11H2,1-2H3,(H2,18,21). The molecular formula is C17H18N2OS. The maximum absolute atomic E-state index is 12.4. The highest BCUT2D eigenvalue weighted by atomic mass is 32.1. The van der Waals surface area contributed by atoms with Crippen molar-refractivity contribution in [3.63, 3.8) is 0 Å². The fourth-order valence-electron chi connectivity index (χ4n) is 2.15. The summed E-state index contributed by atoms with van der Waals surface area (Å²) in [5, 5.41) is 0. The lowest BCUT2D eigenvalue weighted by molar-refractivity contribution is -0.117. The first-order chi connectivity index (χ1) is 9.99. The van der Waals surface area contributed by atoms with Crippen LogP contribution in [0.3, 0.4) is 0 Å². The van der Waals surface area contributed by atoms with Crippen molar-refractivity contribution >= 4 is 28.8 Å². The third-order valence-electron chi connectivity index (χ3n) is 3.44. The molecule has 2 aromatic carbocycles. The van der Waals surface area contributed by atoms with Crippen LogP contribution < -0.4 is 10.6 Å². The number of benzene rings is 2. The van der Waals surface area contributed by atoms with Gasteiger partial charge in [-0.1, -0.05) is 54.7 Å². The zero-order valence-electron chi connectivity index (χ0n) is 12.2. The zero-order valence-corrected chi connectivity index (χ0v) is 13.0. The summed E-state index contributed by atoms with van der Waals surface area (Å²) in [5.74, 6) is 0.0485. The Kier molecular flexibility index (Phi) is 4.70. The Morgan fingerprint density at radius 2 is 1.76 bits per heavy atom. The van der Waals surface area contributed by atoms with E-state index in [1.807, 2.05) is 55.5 Å². The molecule has 1 amide bonds. The molecule has 0 radical (unpaired) electrons. The molecule has 2 rings (SSSR count). The largest absolute Gasteiger partial charge is 0.389 e. The summed E-state index contributed by atoms with van der Waals surface area (Å²) in [6.45, 7) is 2.00. The summed E-state index contributed by atoms with van der Waals surface area (Å²) in [6, 6.07) is 15.3. The van der Waals surface area contributed by atoms with Gasteiger partial charge in [-0.05, 0) is 24.1 Å². The highest BCUT2D eigenvalue weighted by Gasteiger charge is 2.13. The van der Waals surface area contributed by atoms with Crippen LogP contribution in [0.5, 0.6) is 0 Å². The molecule has 0 fully saturated rings. The van der Waals surface area contributed by atoms with Crippen LogP contribution in [0.1, 0.15) is 16.7 Å². The minimum Gasteiger partial charge on any atom is -0.389 e. The number of likely N-dealkylation sites (N-methyl/N-ethyl adjacent to an activating group) is 1. The molecular weight excluding hydrogens is 280 g/mol. The second-order valence-electron chi connectivity index (χ2n) is 4.98. The van der Waals surface area contributed by atoms with E-state index in [0.717, 1.165) is 22.4 Å². The Morgan fingerprint density at radius 3 is 2.33 bits per heavy atom. The van der Waals surface area contributed by atoms with Gasteiger partial charge in [-0.2, -0.15) is 0 Å². The minimum atomic E-state index is 0.0485. The number of hydrogen-bond acceptors (Lipinski definition) is 2. The van der Waals surface area contributed by atoms with Crippen LogP contribution >= 0.6 is 12.2 Å². The third kappa shape index (κ3) is 3.67. The number of amides is 1. The van der Waals surface area contributed by atoms with Gasteiger partial charge in [0.25, 0.3) is 0 Å². The lowest BCUT2D eigenvalue weighted by Gasteiger charge is -2.19.